The van der Waals surface area contributed by atoms with Crippen molar-refractivity contribution < 1.29 is 14.0 Å². The van der Waals surface area contributed by atoms with E-state index in [4.69, 9.17) is 0 Å². The predicted octanol–water partition coefficient (Wildman–Crippen LogP) is 2.53. The van der Waals surface area contributed by atoms with Crippen molar-refractivity contribution in [3.8, 4) is 0 Å². The Morgan fingerprint density at radius 3 is 2.70 bits per heavy atom. The summed E-state index contributed by atoms with van der Waals surface area (Å²) >= 11 is 3.11. The number of nitrogens with zero attached hydrogens (tertiary/aromatic N) is 1. The molecule has 1 aliphatic rings. The molecule has 0 aliphatic carbocycles. The maximum atomic E-state index is 13.7. The Bertz CT molecular complexity index is 591. The normalized spacial score (nSPS) is 22.9. The molecule has 6 heteroatoms. The monoisotopic (exact) mass is 342 g/mol. The van der Waals surface area contributed by atoms with Gasteiger partial charge in [0, 0.05) is 0 Å². The van der Waals surface area contributed by atoms with Gasteiger partial charge in [-0.1, -0.05) is 6.92 Å². The molecule has 2 amide bonds. The van der Waals surface area contributed by atoms with Crippen molar-refractivity contribution in [3.05, 3.63) is 28.0 Å². The summed E-state index contributed by atoms with van der Waals surface area (Å²) in [5, 5.41) is 2.70. The van der Waals surface area contributed by atoms with Crippen LogP contribution in [0.25, 0.3) is 0 Å². The molecule has 1 aromatic carbocycles. The second kappa shape index (κ2) is 5.16. The first kappa shape index (κ1) is 15.0. The fraction of sp³-hybridized carbons (Fsp3) is 0.429. The molecule has 1 atom stereocenters. The molecule has 4 nitrogen and oxygen atoms in total. The van der Waals surface area contributed by atoms with Crippen molar-refractivity contribution in [2.45, 2.75) is 32.7 Å². The molecular formula is C14H16BrFN2O2. The van der Waals surface area contributed by atoms with Gasteiger partial charge in [-0.25, -0.2) is 4.39 Å². The molecule has 108 valence electrons. The number of benzene rings is 1. The fourth-order valence-electron chi connectivity index (χ4n) is 2.27. The highest BCUT2D eigenvalue weighted by Crippen LogP contribution is 2.30. The van der Waals surface area contributed by atoms with E-state index in [2.05, 4.69) is 21.2 Å². The number of halogens is 2. The molecule has 20 heavy (non-hydrogen) atoms. The summed E-state index contributed by atoms with van der Waals surface area (Å²) < 4.78 is 14.1. The van der Waals surface area contributed by atoms with Gasteiger partial charge in [0.15, 0.2) is 0 Å². The second-order valence-corrected chi connectivity index (χ2v) is 6.03. The summed E-state index contributed by atoms with van der Waals surface area (Å²) in [6.45, 7) is 5.21. The molecule has 1 aliphatic heterocycles. The van der Waals surface area contributed by atoms with Crippen LogP contribution in [0.3, 0.4) is 0 Å². The molecule has 1 aromatic rings. The minimum atomic E-state index is -0.939. The predicted molar refractivity (Wildman–Crippen MR) is 78.0 cm³/mol. The van der Waals surface area contributed by atoms with E-state index in [1.807, 2.05) is 6.92 Å². The summed E-state index contributed by atoms with van der Waals surface area (Å²) in [6, 6.07) is 2.89. The van der Waals surface area contributed by atoms with E-state index in [1.54, 1.807) is 19.9 Å². The van der Waals surface area contributed by atoms with E-state index < -0.39 is 11.4 Å². The Morgan fingerprint density at radius 2 is 2.10 bits per heavy atom. The molecule has 0 radical (unpaired) electrons. The number of carbonyl (C=O) groups excluding carboxylic acids is 2. The molecule has 2 rings (SSSR count). The molecule has 1 fully saturated rings. The van der Waals surface area contributed by atoms with Crippen LogP contribution in [-0.4, -0.2) is 23.9 Å². The topological polar surface area (TPSA) is 49.4 Å². The molecule has 0 saturated carbocycles. The van der Waals surface area contributed by atoms with E-state index in [-0.39, 0.29) is 18.4 Å². The minimum Gasteiger partial charge on any atom is -0.340 e. The highest BCUT2D eigenvalue weighted by molar-refractivity contribution is 9.10. The van der Waals surface area contributed by atoms with Gasteiger partial charge >= 0.3 is 0 Å². The summed E-state index contributed by atoms with van der Waals surface area (Å²) in [6.07, 6.45) is 0.478. The van der Waals surface area contributed by atoms with Crippen molar-refractivity contribution in [1.82, 2.24) is 5.32 Å². The lowest BCUT2D eigenvalue weighted by Crippen LogP contribution is -2.65. The highest BCUT2D eigenvalue weighted by atomic mass is 79.9. The standard InChI is InChI=1S/C14H16BrFN2O2/c1-4-14(3)13(20)18(7-12(19)17-14)11-6-10(16)9(15)5-8(11)2/h5-6H,4,7H2,1-3H3,(H,17,19). The third-order valence-electron chi connectivity index (χ3n) is 3.67. The number of aryl methyl sites for hydroxylation is 1. The van der Waals surface area contributed by atoms with Crippen LogP contribution in [0.4, 0.5) is 10.1 Å². The smallest absolute Gasteiger partial charge is 0.252 e. The molecular weight excluding hydrogens is 327 g/mol. The van der Waals surface area contributed by atoms with E-state index >= 15 is 0 Å². The van der Waals surface area contributed by atoms with Gasteiger partial charge in [-0.15, -0.1) is 0 Å². The Balaban J connectivity index is 2.49. The van der Waals surface area contributed by atoms with Gasteiger partial charge in [-0.3, -0.25) is 9.59 Å². The Kier molecular flexibility index (Phi) is 3.86. The maximum Gasteiger partial charge on any atom is 0.252 e. The first-order chi connectivity index (χ1) is 9.28. The molecule has 0 bridgehead atoms. The highest BCUT2D eigenvalue weighted by Gasteiger charge is 2.42. The van der Waals surface area contributed by atoms with Crippen molar-refractivity contribution >= 4 is 33.4 Å². The van der Waals surface area contributed by atoms with Gasteiger partial charge in [0.05, 0.1) is 10.2 Å². The van der Waals surface area contributed by atoms with Gasteiger partial charge in [-0.05, 0) is 53.9 Å². The zero-order valence-corrected chi connectivity index (χ0v) is 13.2. The van der Waals surface area contributed by atoms with Crippen LogP contribution in [0, 0.1) is 12.7 Å². The summed E-state index contributed by atoms with van der Waals surface area (Å²) in [7, 11) is 0. The average molecular weight is 343 g/mol. The Morgan fingerprint density at radius 1 is 1.45 bits per heavy atom. The van der Waals surface area contributed by atoms with Gasteiger partial charge in [0.2, 0.25) is 5.91 Å². The van der Waals surface area contributed by atoms with E-state index in [1.165, 1.54) is 11.0 Å². The zero-order valence-electron chi connectivity index (χ0n) is 11.6. The summed E-state index contributed by atoms with van der Waals surface area (Å²) in [5.74, 6) is -0.913. The number of rotatable bonds is 2. The van der Waals surface area contributed by atoms with Crippen LogP contribution in [0.2, 0.25) is 0 Å². The lowest BCUT2D eigenvalue weighted by Gasteiger charge is -2.39. The summed E-state index contributed by atoms with van der Waals surface area (Å²) in [5.41, 5.74) is 0.232. The Labute approximate surface area is 125 Å². The number of hydrogen-bond acceptors (Lipinski definition) is 2. The third-order valence-corrected chi connectivity index (χ3v) is 4.28. The van der Waals surface area contributed by atoms with Crippen LogP contribution in [0.15, 0.2) is 16.6 Å². The van der Waals surface area contributed by atoms with Crippen molar-refractivity contribution in [3.63, 3.8) is 0 Å². The molecule has 1 unspecified atom stereocenters. The number of nitrogens with one attached hydrogen (secondary N) is 1. The number of amides is 2. The van der Waals surface area contributed by atoms with Gasteiger partial charge in [0.1, 0.15) is 17.9 Å². The van der Waals surface area contributed by atoms with Gasteiger partial charge < -0.3 is 10.2 Å². The molecule has 1 saturated heterocycles. The van der Waals surface area contributed by atoms with Crippen molar-refractivity contribution in [1.29, 1.82) is 0 Å². The quantitative estimate of drug-likeness (QED) is 0.897. The molecule has 1 heterocycles. The van der Waals surface area contributed by atoms with E-state index in [0.29, 0.717) is 16.6 Å². The third kappa shape index (κ3) is 2.44. The lowest BCUT2D eigenvalue weighted by atomic mass is 9.93. The van der Waals surface area contributed by atoms with Crippen LogP contribution in [-0.2, 0) is 9.59 Å². The van der Waals surface area contributed by atoms with Gasteiger partial charge in [-0.2, -0.15) is 0 Å². The molecule has 1 N–H and O–H groups in total. The molecule has 0 spiro atoms. The van der Waals surface area contributed by atoms with Crippen LogP contribution in [0.1, 0.15) is 25.8 Å². The molecule has 0 aromatic heterocycles. The van der Waals surface area contributed by atoms with Crippen LogP contribution < -0.4 is 10.2 Å². The fourth-order valence-corrected chi connectivity index (χ4v) is 2.73. The maximum absolute atomic E-state index is 13.7. The number of hydrogen-bond donors (Lipinski definition) is 1. The Hall–Kier alpha value is -1.43. The average Bonchev–Trinajstić information content (AvgIpc) is 2.38. The van der Waals surface area contributed by atoms with Crippen LogP contribution in [0.5, 0.6) is 0 Å². The van der Waals surface area contributed by atoms with E-state index in [0.717, 1.165) is 5.56 Å². The number of anilines is 1. The minimum absolute atomic E-state index is 0.0870. The van der Waals surface area contributed by atoms with Gasteiger partial charge in [0.25, 0.3) is 5.91 Å². The number of carbonyl (C=O) groups is 2. The van der Waals surface area contributed by atoms with Crippen LogP contribution >= 0.6 is 15.9 Å². The van der Waals surface area contributed by atoms with E-state index in [9.17, 15) is 14.0 Å². The summed E-state index contributed by atoms with van der Waals surface area (Å²) in [4.78, 5) is 25.7. The lowest BCUT2D eigenvalue weighted by molar-refractivity contribution is -0.135. The number of piperazine rings is 1. The first-order valence-corrected chi connectivity index (χ1v) is 7.16. The van der Waals surface area contributed by atoms with Crippen molar-refractivity contribution in [2.24, 2.45) is 0 Å². The zero-order chi connectivity index (χ0) is 15.1. The SMILES string of the molecule is CCC1(C)NC(=O)CN(c2cc(F)c(Br)cc2C)C1=O. The first-order valence-electron chi connectivity index (χ1n) is 6.37. The largest absolute Gasteiger partial charge is 0.340 e. The van der Waals surface area contributed by atoms with Crippen molar-refractivity contribution in [2.75, 3.05) is 11.4 Å². The second-order valence-electron chi connectivity index (χ2n) is 5.18.